The van der Waals surface area contributed by atoms with Gasteiger partial charge in [0.2, 0.25) is 0 Å². The van der Waals surface area contributed by atoms with E-state index in [1.807, 2.05) is 0 Å². The molecule has 37 heavy (non-hydrogen) atoms. The summed E-state index contributed by atoms with van der Waals surface area (Å²) in [5.74, 6) is -0.800. The number of ether oxygens (including phenoxy) is 1. The molecule has 1 N–H and O–H groups in total. The fourth-order valence-electron chi connectivity index (χ4n) is 4.40. The molecule has 0 saturated carbocycles. The SMILES string of the molecule is CS(=O)(=O)c1ccc(-n2ccc(OC3CCN(C(=O)O)CC3c3ccccc3C(F)(F)F)cc2=O)cc1. The summed E-state index contributed by atoms with van der Waals surface area (Å²) >= 11 is 0. The Kier molecular flexibility index (Phi) is 7.05. The number of hydrogen-bond acceptors (Lipinski definition) is 5. The number of nitrogens with zero attached hydrogens (tertiary/aromatic N) is 2. The number of piperidine rings is 1. The van der Waals surface area contributed by atoms with Crippen LogP contribution < -0.4 is 10.3 Å². The number of alkyl halides is 3. The highest BCUT2D eigenvalue weighted by Gasteiger charge is 2.40. The van der Waals surface area contributed by atoms with E-state index >= 15 is 0 Å². The Bertz CT molecular complexity index is 1470. The van der Waals surface area contributed by atoms with Gasteiger partial charge in [-0.05, 0) is 42.0 Å². The molecule has 0 aliphatic carbocycles. The molecule has 1 saturated heterocycles. The number of aromatic nitrogens is 1. The number of carbonyl (C=O) groups is 1. The van der Waals surface area contributed by atoms with Crippen molar-refractivity contribution in [3.8, 4) is 11.4 Å². The molecule has 196 valence electrons. The van der Waals surface area contributed by atoms with Crippen LogP contribution in [0.2, 0.25) is 0 Å². The highest BCUT2D eigenvalue weighted by atomic mass is 32.2. The van der Waals surface area contributed by atoms with E-state index in [9.17, 15) is 36.3 Å². The minimum absolute atomic E-state index is 0.0639. The largest absolute Gasteiger partial charge is 0.489 e. The van der Waals surface area contributed by atoms with Crippen molar-refractivity contribution in [3.63, 3.8) is 0 Å². The van der Waals surface area contributed by atoms with Gasteiger partial charge in [0.05, 0.1) is 10.5 Å². The van der Waals surface area contributed by atoms with Crippen LogP contribution in [0.5, 0.6) is 5.75 Å². The van der Waals surface area contributed by atoms with E-state index in [1.54, 1.807) is 0 Å². The number of rotatable bonds is 5. The van der Waals surface area contributed by atoms with E-state index < -0.39 is 45.3 Å². The van der Waals surface area contributed by atoms with Gasteiger partial charge < -0.3 is 14.7 Å². The first-order valence-electron chi connectivity index (χ1n) is 11.2. The first-order chi connectivity index (χ1) is 17.3. The summed E-state index contributed by atoms with van der Waals surface area (Å²) in [6.07, 6.45) is -4.08. The van der Waals surface area contributed by atoms with Crippen molar-refractivity contribution in [1.82, 2.24) is 9.47 Å². The van der Waals surface area contributed by atoms with Gasteiger partial charge in [0.1, 0.15) is 11.9 Å². The van der Waals surface area contributed by atoms with Gasteiger partial charge in [0.15, 0.2) is 9.84 Å². The van der Waals surface area contributed by atoms with Gasteiger partial charge in [-0.15, -0.1) is 0 Å². The summed E-state index contributed by atoms with van der Waals surface area (Å²) in [5, 5.41) is 9.43. The third-order valence-corrected chi connectivity index (χ3v) is 7.34. The van der Waals surface area contributed by atoms with E-state index in [-0.39, 0.29) is 35.7 Å². The Morgan fingerprint density at radius 2 is 1.76 bits per heavy atom. The molecule has 2 atom stereocenters. The van der Waals surface area contributed by atoms with Crippen LogP contribution in [-0.4, -0.2) is 54.5 Å². The van der Waals surface area contributed by atoms with Gasteiger partial charge in [-0.2, -0.15) is 13.2 Å². The molecule has 1 aliphatic heterocycles. The topological polar surface area (TPSA) is 106 Å². The lowest BCUT2D eigenvalue weighted by atomic mass is 9.85. The van der Waals surface area contributed by atoms with E-state index in [2.05, 4.69) is 0 Å². The van der Waals surface area contributed by atoms with Crippen molar-refractivity contribution in [1.29, 1.82) is 0 Å². The predicted molar refractivity (Wildman–Crippen MR) is 128 cm³/mol. The second-order valence-electron chi connectivity index (χ2n) is 8.70. The fourth-order valence-corrected chi connectivity index (χ4v) is 5.03. The molecule has 1 aromatic heterocycles. The third-order valence-electron chi connectivity index (χ3n) is 6.21. The molecule has 12 heteroatoms. The van der Waals surface area contributed by atoms with Crippen molar-refractivity contribution in [2.45, 2.75) is 29.5 Å². The van der Waals surface area contributed by atoms with Gasteiger partial charge in [0, 0.05) is 49.6 Å². The molecular formula is C25H23F3N2O6S. The highest BCUT2D eigenvalue weighted by molar-refractivity contribution is 7.90. The van der Waals surface area contributed by atoms with Crippen LogP contribution >= 0.6 is 0 Å². The molecule has 8 nitrogen and oxygen atoms in total. The van der Waals surface area contributed by atoms with Gasteiger partial charge in [-0.1, -0.05) is 18.2 Å². The minimum Gasteiger partial charge on any atom is -0.489 e. The maximum atomic E-state index is 13.7. The van der Waals surface area contributed by atoms with Crippen molar-refractivity contribution in [2.24, 2.45) is 0 Å². The smallest absolute Gasteiger partial charge is 0.416 e. The zero-order chi connectivity index (χ0) is 27.0. The fraction of sp³-hybridized carbons (Fsp3) is 0.280. The molecule has 0 spiro atoms. The van der Waals surface area contributed by atoms with Gasteiger partial charge in [-0.25, -0.2) is 13.2 Å². The normalized spacial score (nSPS) is 18.4. The number of likely N-dealkylation sites (tertiary alicyclic amines) is 1. The standard InChI is InChI=1S/C25H23F3N2O6S/c1-37(34,35)18-8-6-16(7-9-18)30-13-10-17(14-23(30)31)36-22-11-12-29(24(32)33)15-20(22)19-4-2-3-5-21(19)25(26,27)28/h2-10,13-14,20,22H,11-12,15H2,1H3,(H,32,33). The molecule has 0 radical (unpaired) electrons. The van der Waals surface area contributed by atoms with Crippen molar-refractivity contribution < 1.29 is 36.2 Å². The second kappa shape index (κ2) is 9.92. The Labute approximate surface area is 210 Å². The summed E-state index contributed by atoms with van der Waals surface area (Å²) < 4.78 is 71.7. The van der Waals surface area contributed by atoms with Gasteiger partial charge in [-0.3, -0.25) is 9.36 Å². The molecule has 3 aromatic rings. The maximum absolute atomic E-state index is 13.7. The average molecular weight is 537 g/mol. The Morgan fingerprint density at radius 1 is 1.08 bits per heavy atom. The van der Waals surface area contributed by atoms with Crippen LogP contribution in [-0.2, 0) is 16.0 Å². The van der Waals surface area contributed by atoms with Crippen LogP contribution in [0.15, 0.2) is 76.6 Å². The number of benzene rings is 2. The Hall–Kier alpha value is -3.80. The first-order valence-corrected chi connectivity index (χ1v) is 13.1. The monoisotopic (exact) mass is 536 g/mol. The molecule has 1 aliphatic rings. The van der Waals surface area contributed by atoms with Crippen LogP contribution in [0.3, 0.4) is 0 Å². The lowest BCUT2D eigenvalue weighted by Crippen LogP contribution is -2.46. The zero-order valence-electron chi connectivity index (χ0n) is 19.6. The van der Waals surface area contributed by atoms with Crippen LogP contribution in [0.1, 0.15) is 23.5 Å². The summed E-state index contributed by atoms with van der Waals surface area (Å²) in [6, 6.07) is 13.3. The molecule has 1 fully saturated rings. The van der Waals surface area contributed by atoms with E-state index in [1.165, 1.54) is 65.4 Å². The summed E-state index contributed by atoms with van der Waals surface area (Å²) in [6.45, 7) is -0.134. The van der Waals surface area contributed by atoms with Crippen molar-refractivity contribution >= 4 is 15.9 Å². The molecule has 2 heterocycles. The lowest BCUT2D eigenvalue weighted by molar-refractivity contribution is -0.138. The molecule has 1 amide bonds. The molecule has 4 rings (SSSR count). The predicted octanol–water partition coefficient (Wildman–Crippen LogP) is 4.17. The van der Waals surface area contributed by atoms with Crippen molar-refractivity contribution in [2.75, 3.05) is 19.3 Å². The van der Waals surface area contributed by atoms with E-state index in [4.69, 9.17) is 4.74 Å². The zero-order valence-corrected chi connectivity index (χ0v) is 20.4. The average Bonchev–Trinajstić information content (AvgIpc) is 2.83. The van der Waals surface area contributed by atoms with E-state index in [0.717, 1.165) is 17.2 Å². The van der Waals surface area contributed by atoms with Crippen LogP contribution in [0.4, 0.5) is 18.0 Å². The Morgan fingerprint density at radius 3 is 2.35 bits per heavy atom. The van der Waals surface area contributed by atoms with Gasteiger partial charge in [0.25, 0.3) is 5.56 Å². The first kappa shape index (κ1) is 26.3. The molecule has 2 aromatic carbocycles. The minimum atomic E-state index is -4.64. The molecule has 2 unspecified atom stereocenters. The quantitative estimate of drug-likeness (QED) is 0.525. The van der Waals surface area contributed by atoms with Crippen LogP contribution in [0.25, 0.3) is 5.69 Å². The Balaban J connectivity index is 1.63. The summed E-state index contributed by atoms with van der Waals surface area (Å²) in [7, 11) is -3.40. The summed E-state index contributed by atoms with van der Waals surface area (Å²) in [5.41, 5.74) is -1.03. The maximum Gasteiger partial charge on any atom is 0.416 e. The third kappa shape index (κ3) is 5.79. The number of hydrogen-bond donors (Lipinski definition) is 1. The highest BCUT2D eigenvalue weighted by Crippen LogP contribution is 2.39. The van der Waals surface area contributed by atoms with Crippen molar-refractivity contribution in [3.05, 3.63) is 88.3 Å². The number of sulfone groups is 1. The van der Waals surface area contributed by atoms with Crippen LogP contribution in [0, 0.1) is 0 Å². The number of carboxylic acid groups (broad SMARTS) is 1. The molecule has 0 bridgehead atoms. The lowest BCUT2D eigenvalue weighted by Gasteiger charge is -2.38. The number of pyridine rings is 1. The summed E-state index contributed by atoms with van der Waals surface area (Å²) in [4.78, 5) is 25.5. The second-order valence-corrected chi connectivity index (χ2v) is 10.7. The van der Waals surface area contributed by atoms with E-state index in [0.29, 0.717) is 5.69 Å². The number of halogens is 3. The number of amides is 1. The van der Waals surface area contributed by atoms with Gasteiger partial charge >= 0.3 is 12.3 Å². The molecular weight excluding hydrogens is 513 g/mol.